The van der Waals surface area contributed by atoms with Gasteiger partial charge in [0.05, 0.1) is 17.6 Å². The molecule has 1 aliphatic rings. The second-order valence-corrected chi connectivity index (χ2v) is 9.39. The van der Waals surface area contributed by atoms with E-state index in [9.17, 15) is 13.2 Å². The van der Waals surface area contributed by atoms with Gasteiger partial charge in [-0.25, -0.2) is 17.9 Å². The fraction of sp³-hybridized carbons (Fsp3) is 0.435. The number of carbonyl (C=O) groups is 1. The van der Waals surface area contributed by atoms with Crippen LogP contribution in [-0.4, -0.2) is 34.6 Å². The van der Waals surface area contributed by atoms with Crippen LogP contribution in [0.4, 0.5) is 0 Å². The highest BCUT2D eigenvalue weighted by Crippen LogP contribution is 2.33. The molecule has 0 spiro atoms. The van der Waals surface area contributed by atoms with E-state index in [1.165, 1.54) is 56.9 Å². The molecule has 7 heteroatoms. The molecule has 0 saturated heterocycles. The van der Waals surface area contributed by atoms with Crippen LogP contribution in [0.2, 0.25) is 0 Å². The first-order valence-electron chi connectivity index (χ1n) is 10.3. The van der Waals surface area contributed by atoms with E-state index in [2.05, 4.69) is 16.9 Å². The summed E-state index contributed by atoms with van der Waals surface area (Å²) in [6.07, 6.45) is 6.42. The molecule has 1 N–H and O–H groups in total. The van der Waals surface area contributed by atoms with E-state index in [0.29, 0.717) is 11.5 Å². The maximum absolute atomic E-state index is 12.5. The Morgan fingerprint density at radius 2 is 1.77 bits per heavy atom. The minimum atomic E-state index is -3.75. The number of hydrogen-bond donors (Lipinski definition) is 1. The van der Waals surface area contributed by atoms with Crippen molar-refractivity contribution in [2.75, 3.05) is 20.3 Å². The van der Waals surface area contributed by atoms with Crippen molar-refractivity contribution in [3.8, 4) is 5.75 Å². The van der Waals surface area contributed by atoms with Crippen molar-refractivity contribution in [2.45, 2.75) is 49.8 Å². The number of methoxy groups -OCH3 is 1. The topological polar surface area (TPSA) is 81.7 Å². The zero-order chi connectivity index (χ0) is 21.6. The van der Waals surface area contributed by atoms with Crippen molar-refractivity contribution in [3.63, 3.8) is 0 Å². The smallest absolute Gasteiger partial charge is 0.338 e. The maximum Gasteiger partial charge on any atom is 0.338 e. The van der Waals surface area contributed by atoms with Gasteiger partial charge in [-0.3, -0.25) is 0 Å². The van der Waals surface area contributed by atoms with Crippen molar-refractivity contribution in [1.29, 1.82) is 0 Å². The number of hydrogen-bond acceptors (Lipinski definition) is 5. The standard InChI is InChI=1S/C23H29NO5S/c1-17-8-13-21(16-22(17)23(25)28-2)30(26,27)24-14-15-29-20-11-9-19(10-12-20)18-6-4-3-5-7-18/h8-13,16,18,24H,3-7,14-15H2,1-2H3. The molecule has 0 bridgehead atoms. The number of ether oxygens (including phenoxy) is 2. The van der Waals surface area contributed by atoms with Gasteiger partial charge >= 0.3 is 5.97 Å². The number of carbonyl (C=O) groups excluding carboxylic acids is 1. The lowest BCUT2D eigenvalue weighted by Crippen LogP contribution is -2.28. The summed E-state index contributed by atoms with van der Waals surface area (Å²) in [5, 5.41) is 0. The molecule has 162 valence electrons. The summed E-state index contributed by atoms with van der Waals surface area (Å²) in [7, 11) is -2.49. The summed E-state index contributed by atoms with van der Waals surface area (Å²) >= 11 is 0. The summed E-state index contributed by atoms with van der Waals surface area (Å²) in [5.74, 6) is 0.797. The van der Waals surface area contributed by atoms with Crippen LogP contribution in [0.5, 0.6) is 5.75 Å². The largest absolute Gasteiger partial charge is 0.492 e. The number of rotatable bonds is 8. The lowest BCUT2D eigenvalue weighted by atomic mass is 9.84. The van der Waals surface area contributed by atoms with Gasteiger partial charge in [-0.1, -0.05) is 37.5 Å². The highest BCUT2D eigenvalue weighted by atomic mass is 32.2. The minimum absolute atomic E-state index is 0.0188. The number of esters is 1. The van der Waals surface area contributed by atoms with E-state index < -0.39 is 16.0 Å². The highest BCUT2D eigenvalue weighted by Gasteiger charge is 2.18. The van der Waals surface area contributed by atoms with Crippen molar-refractivity contribution in [2.24, 2.45) is 0 Å². The average molecular weight is 432 g/mol. The molecule has 0 aliphatic heterocycles. The van der Waals surface area contributed by atoms with Gasteiger partial charge in [0.1, 0.15) is 12.4 Å². The SMILES string of the molecule is COC(=O)c1cc(S(=O)(=O)NCCOc2ccc(C3CCCCC3)cc2)ccc1C. The van der Waals surface area contributed by atoms with Crippen molar-refractivity contribution in [3.05, 3.63) is 59.2 Å². The number of sulfonamides is 1. The summed E-state index contributed by atoms with van der Waals surface area (Å²) in [5.41, 5.74) is 2.24. The van der Waals surface area contributed by atoms with E-state index in [1.807, 2.05) is 12.1 Å². The Balaban J connectivity index is 1.52. The average Bonchev–Trinajstić information content (AvgIpc) is 2.77. The summed E-state index contributed by atoms with van der Waals surface area (Å²) < 4.78 is 37.9. The molecule has 2 aromatic rings. The van der Waals surface area contributed by atoms with Crippen molar-refractivity contribution in [1.82, 2.24) is 4.72 Å². The van der Waals surface area contributed by atoms with E-state index in [-0.39, 0.29) is 23.6 Å². The van der Waals surface area contributed by atoms with Gasteiger partial charge in [-0.15, -0.1) is 0 Å². The molecule has 0 aromatic heterocycles. The summed E-state index contributed by atoms with van der Waals surface area (Å²) in [6, 6.07) is 12.5. The number of nitrogens with one attached hydrogen (secondary N) is 1. The first kappa shape index (κ1) is 22.3. The number of benzene rings is 2. The van der Waals surface area contributed by atoms with Gasteiger partial charge in [-0.2, -0.15) is 0 Å². The van der Waals surface area contributed by atoms with Crippen LogP contribution in [0, 0.1) is 6.92 Å². The Hall–Kier alpha value is -2.38. The molecule has 0 amide bonds. The van der Waals surface area contributed by atoms with Crippen LogP contribution in [0.25, 0.3) is 0 Å². The molecule has 0 heterocycles. The van der Waals surface area contributed by atoms with Crippen LogP contribution in [0.3, 0.4) is 0 Å². The molecule has 1 saturated carbocycles. The lowest BCUT2D eigenvalue weighted by molar-refractivity contribution is 0.0599. The maximum atomic E-state index is 12.5. The first-order chi connectivity index (χ1) is 14.4. The predicted octanol–water partition coefficient (Wildman–Crippen LogP) is 4.19. The Morgan fingerprint density at radius 1 is 1.07 bits per heavy atom. The second kappa shape index (κ2) is 10.1. The fourth-order valence-corrected chi connectivity index (χ4v) is 4.84. The van der Waals surface area contributed by atoms with Gasteiger partial charge in [0, 0.05) is 6.54 Å². The molecule has 0 unspecified atom stereocenters. The van der Waals surface area contributed by atoms with E-state index in [0.717, 1.165) is 5.75 Å². The summed E-state index contributed by atoms with van der Waals surface area (Å²) in [4.78, 5) is 11.8. The Kier molecular flexibility index (Phi) is 7.50. The third-order valence-electron chi connectivity index (χ3n) is 5.54. The van der Waals surface area contributed by atoms with Crippen molar-refractivity contribution >= 4 is 16.0 Å². The molecule has 30 heavy (non-hydrogen) atoms. The Labute approximate surface area is 178 Å². The van der Waals surface area contributed by atoms with E-state index in [4.69, 9.17) is 9.47 Å². The van der Waals surface area contributed by atoms with Gasteiger partial charge in [-0.05, 0) is 61.1 Å². The molecular weight excluding hydrogens is 402 g/mol. The van der Waals surface area contributed by atoms with Gasteiger partial charge in [0.2, 0.25) is 10.0 Å². The van der Waals surface area contributed by atoms with Crippen LogP contribution in [0.15, 0.2) is 47.4 Å². The van der Waals surface area contributed by atoms with Crippen LogP contribution >= 0.6 is 0 Å². The monoisotopic (exact) mass is 431 g/mol. The third kappa shape index (κ3) is 5.61. The molecule has 2 aromatic carbocycles. The second-order valence-electron chi connectivity index (χ2n) is 7.62. The fourth-order valence-electron chi connectivity index (χ4n) is 3.80. The zero-order valence-electron chi connectivity index (χ0n) is 17.5. The minimum Gasteiger partial charge on any atom is -0.492 e. The van der Waals surface area contributed by atoms with Gasteiger partial charge in [0.25, 0.3) is 0 Å². The molecular formula is C23H29NO5S. The van der Waals surface area contributed by atoms with E-state index >= 15 is 0 Å². The zero-order valence-corrected chi connectivity index (χ0v) is 18.3. The molecule has 0 atom stereocenters. The van der Waals surface area contributed by atoms with E-state index in [1.54, 1.807) is 13.0 Å². The number of aryl methyl sites for hydroxylation is 1. The van der Waals surface area contributed by atoms with Crippen molar-refractivity contribution < 1.29 is 22.7 Å². The molecule has 1 fully saturated rings. The highest BCUT2D eigenvalue weighted by molar-refractivity contribution is 7.89. The summed E-state index contributed by atoms with van der Waals surface area (Å²) in [6.45, 7) is 2.05. The first-order valence-corrected chi connectivity index (χ1v) is 11.8. The predicted molar refractivity (Wildman–Crippen MR) is 115 cm³/mol. The van der Waals surface area contributed by atoms with Crippen LogP contribution < -0.4 is 9.46 Å². The Morgan fingerprint density at radius 3 is 2.43 bits per heavy atom. The molecule has 6 nitrogen and oxygen atoms in total. The van der Waals surface area contributed by atoms with Crippen LogP contribution in [-0.2, 0) is 14.8 Å². The third-order valence-corrected chi connectivity index (χ3v) is 7.00. The van der Waals surface area contributed by atoms with Gasteiger partial charge in [0.15, 0.2) is 0 Å². The van der Waals surface area contributed by atoms with Gasteiger partial charge < -0.3 is 9.47 Å². The molecule has 0 radical (unpaired) electrons. The normalized spacial score (nSPS) is 15.0. The lowest BCUT2D eigenvalue weighted by Gasteiger charge is -2.22. The van der Waals surface area contributed by atoms with Crippen LogP contribution in [0.1, 0.15) is 59.5 Å². The molecule has 1 aliphatic carbocycles. The Bertz CT molecular complexity index is 964. The quantitative estimate of drug-likeness (QED) is 0.501. The molecule has 3 rings (SSSR count).